The van der Waals surface area contributed by atoms with E-state index in [4.69, 9.17) is 10.5 Å². The normalized spacial score (nSPS) is 10.8. The molecule has 0 fully saturated rings. The van der Waals surface area contributed by atoms with Crippen LogP contribution >= 0.6 is 0 Å². The molecule has 0 aliphatic rings. The number of benzene rings is 1. The molecule has 1 aromatic carbocycles. The van der Waals surface area contributed by atoms with Gasteiger partial charge in [0, 0.05) is 38.0 Å². The number of aromatic nitrogens is 1. The predicted octanol–water partition coefficient (Wildman–Crippen LogP) is 2.03. The Balaban J connectivity index is 2.56. The summed E-state index contributed by atoms with van der Waals surface area (Å²) in [7, 11) is 5.66. The standard InChI is InChI=1S/C13H17N3O/c1-16(2)10-4-5-13-11(7-10)12(14)6-9(15-13)8-17-3/h4-7H,8H2,1-3H3,(H2,14,15). The summed E-state index contributed by atoms with van der Waals surface area (Å²) in [5, 5.41) is 0.982. The van der Waals surface area contributed by atoms with E-state index in [1.165, 1.54) is 0 Å². The molecule has 2 N–H and O–H groups in total. The van der Waals surface area contributed by atoms with Crippen molar-refractivity contribution in [1.82, 2.24) is 4.98 Å². The number of methoxy groups -OCH3 is 1. The van der Waals surface area contributed by atoms with Crippen LogP contribution < -0.4 is 10.6 Å². The first kappa shape index (κ1) is 11.7. The smallest absolute Gasteiger partial charge is 0.0885 e. The van der Waals surface area contributed by atoms with E-state index in [-0.39, 0.29) is 0 Å². The predicted molar refractivity (Wildman–Crippen MR) is 71.2 cm³/mol. The Morgan fingerprint density at radius 3 is 2.71 bits per heavy atom. The van der Waals surface area contributed by atoms with Crippen LogP contribution in [-0.4, -0.2) is 26.2 Å². The molecular formula is C13H17N3O. The van der Waals surface area contributed by atoms with Gasteiger partial charge < -0.3 is 15.4 Å². The van der Waals surface area contributed by atoms with E-state index in [2.05, 4.69) is 4.98 Å². The van der Waals surface area contributed by atoms with Crippen molar-refractivity contribution in [2.75, 3.05) is 31.8 Å². The molecule has 0 aliphatic heterocycles. The first-order valence-electron chi connectivity index (χ1n) is 5.47. The highest BCUT2D eigenvalue weighted by molar-refractivity contribution is 5.92. The van der Waals surface area contributed by atoms with Crippen molar-refractivity contribution in [1.29, 1.82) is 0 Å². The SMILES string of the molecule is COCc1cc(N)c2cc(N(C)C)ccc2n1. The summed E-state index contributed by atoms with van der Waals surface area (Å²) in [6, 6.07) is 7.94. The second-order valence-corrected chi connectivity index (χ2v) is 4.23. The number of anilines is 2. The van der Waals surface area contributed by atoms with Gasteiger partial charge in [-0.25, -0.2) is 0 Å². The minimum Gasteiger partial charge on any atom is -0.398 e. The van der Waals surface area contributed by atoms with Crippen LogP contribution in [0.5, 0.6) is 0 Å². The summed E-state index contributed by atoms with van der Waals surface area (Å²) >= 11 is 0. The van der Waals surface area contributed by atoms with Crippen LogP contribution in [0.25, 0.3) is 10.9 Å². The Morgan fingerprint density at radius 1 is 1.29 bits per heavy atom. The van der Waals surface area contributed by atoms with Crippen LogP contribution in [0.3, 0.4) is 0 Å². The molecule has 1 aromatic heterocycles. The lowest BCUT2D eigenvalue weighted by Crippen LogP contribution is -2.08. The quantitative estimate of drug-likeness (QED) is 0.878. The Bertz CT molecular complexity index is 537. The monoisotopic (exact) mass is 231 g/mol. The lowest BCUT2D eigenvalue weighted by Gasteiger charge is -2.14. The van der Waals surface area contributed by atoms with Gasteiger partial charge in [-0.2, -0.15) is 0 Å². The molecule has 0 amide bonds. The Hall–Kier alpha value is -1.81. The number of hydrogen-bond acceptors (Lipinski definition) is 4. The van der Waals surface area contributed by atoms with E-state index in [0.717, 1.165) is 28.0 Å². The number of hydrogen-bond donors (Lipinski definition) is 1. The van der Waals surface area contributed by atoms with Gasteiger partial charge in [0.05, 0.1) is 17.8 Å². The number of nitrogen functional groups attached to an aromatic ring is 1. The van der Waals surface area contributed by atoms with Crippen molar-refractivity contribution >= 4 is 22.3 Å². The number of rotatable bonds is 3. The fraction of sp³-hybridized carbons (Fsp3) is 0.308. The Labute approximate surface area is 101 Å². The van der Waals surface area contributed by atoms with Crippen LogP contribution in [0, 0.1) is 0 Å². The number of fused-ring (bicyclic) bond motifs is 1. The van der Waals surface area contributed by atoms with Gasteiger partial charge in [0.2, 0.25) is 0 Å². The Kier molecular flexibility index (Phi) is 3.15. The van der Waals surface area contributed by atoms with E-state index in [0.29, 0.717) is 6.61 Å². The van der Waals surface area contributed by atoms with Crippen LogP contribution in [0.15, 0.2) is 24.3 Å². The fourth-order valence-electron chi connectivity index (χ4n) is 1.80. The van der Waals surface area contributed by atoms with E-state index < -0.39 is 0 Å². The number of pyridine rings is 1. The number of nitrogens with zero attached hydrogens (tertiary/aromatic N) is 2. The third kappa shape index (κ3) is 2.31. The van der Waals surface area contributed by atoms with Crippen LogP contribution in [0.2, 0.25) is 0 Å². The van der Waals surface area contributed by atoms with Gasteiger partial charge in [-0.3, -0.25) is 4.98 Å². The van der Waals surface area contributed by atoms with Crippen molar-refractivity contribution in [3.05, 3.63) is 30.0 Å². The highest BCUT2D eigenvalue weighted by atomic mass is 16.5. The molecular weight excluding hydrogens is 214 g/mol. The number of ether oxygens (including phenoxy) is 1. The first-order valence-corrected chi connectivity index (χ1v) is 5.47. The Morgan fingerprint density at radius 2 is 2.06 bits per heavy atom. The van der Waals surface area contributed by atoms with Crippen LogP contribution in [0.4, 0.5) is 11.4 Å². The molecule has 0 bridgehead atoms. The van der Waals surface area contributed by atoms with Gasteiger partial charge in [0.15, 0.2) is 0 Å². The van der Waals surface area contributed by atoms with Gasteiger partial charge >= 0.3 is 0 Å². The summed E-state index contributed by atoms with van der Waals surface area (Å²) in [6.07, 6.45) is 0. The topological polar surface area (TPSA) is 51.4 Å². The van der Waals surface area contributed by atoms with Gasteiger partial charge in [-0.1, -0.05) is 0 Å². The molecule has 1 heterocycles. The fourth-order valence-corrected chi connectivity index (χ4v) is 1.80. The van der Waals surface area contributed by atoms with Gasteiger partial charge in [-0.15, -0.1) is 0 Å². The number of nitrogens with two attached hydrogens (primary N) is 1. The van der Waals surface area contributed by atoms with E-state index in [1.807, 2.05) is 43.3 Å². The molecule has 0 atom stereocenters. The molecule has 0 spiro atoms. The summed E-state index contributed by atoms with van der Waals surface area (Å²) in [4.78, 5) is 6.55. The van der Waals surface area contributed by atoms with Crippen molar-refractivity contribution in [2.24, 2.45) is 0 Å². The average Bonchev–Trinajstić information content (AvgIpc) is 2.29. The summed E-state index contributed by atoms with van der Waals surface area (Å²) < 4.78 is 5.07. The molecule has 90 valence electrons. The molecule has 0 saturated heterocycles. The first-order chi connectivity index (χ1) is 8.11. The minimum absolute atomic E-state index is 0.482. The lowest BCUT2D eigenvalue weighted by atomic mass is 10.1. The highest BCUT2D eigenvalue weighted by Gasteiger charge is 2.05. The van der Waals surface area contributed by atoms with Crippen molar-refractivity contribution in [3.8, 4) is 0 Å². The maximum Gasteiger partial charge on any atom is 0.0885 e. The largest absolute Gasteiger partial charge is 0.398 e. The summed E-state index contributed by atoms with van der Waals surface area (Å²) in [5.74, 6) is 0. The van der Waals surface area contributed by atoms with Crippen molar-refractivity contribution in [2.45, 2.75) is 6.61 Å². The molecule has 0 aliphatic carbocycles. The highest BCUT2D eigenvalue weighted by Crippen LogP contribution is 2.25. The maximum atomic E-state index is 6.04. The van der Waals surface area contributed by atoms with E-state index in [9.17, 15) is 0 Å². The van der Waals surface area contributed by atoms with Crippen LogP contribution in [-0.2, 0) is 11.3 Å². The third-order valence-corrected chi connectivity index (χ3v) is 2.69. The minimum atomic E-state index is 0.482. The zero-order valence-corrected chi connectivity index (χ0v) is 10.4. The second-order valence-electron chi connectivity index (χ2n) is 4.23. The molecule has 0 radical (unpaired) electrons. The van der Waals surface area contributed by atoms with Gasteiger partial charge in [0.25, 0.3) is 0 Å². The third-order valence-electron chi connectivity index (χ3n) is 2.69. The van der Waals surface area contributed by atoms with E-state index >= 15 is 0 Å². The van der Waals surface area contributed by atoms with E-state index in [1.54, 1.807) is 7.11 Å². The molecule has 2 rings (SSSR count). The summed E-state index contributed by atoms with van der Waals surface area (Å²) in [5.41, 5.74) is 9.66. The zero-order valence-electron chi connectivity index (χ0n) is 10.4. The molecule has 17 heavy (non-hydrogen) atoms. The molecule has 4 nitrogen and oxygen atoms in total. The van der Waals surface area contributed by atoms with Crippen LogP contribution in [0.1, 0.15) is 5.69 Å². The average molecular weight is 231 g/mol. The zero-order chi connectivity index (χ0) is 12.4. The molecule has 2 aromatic rings. The summed E-state index contributed by atoms with van der Waals surface area (Å²) in [6.45, 7) is 0.482. The molecule has 4 heteroatoms. The van der Waals surface area contributed by atoms with Gasteiger partial charge in [0.1, 0.15) is 0 Å². The second kappa shape index (κ2) is 4.59. The van der Waals surface area contributed by atoms with Gasteiger partial charge in [-0.05, 0) is 24.3 Å². The molecule has 0 unspecified atom stereocenters. The maximum absolute atomic E-state index is 6.04. The molecule has 0 saturated carbocycles. The van der Waals surface area contributed by atoms with Crippen molar-refractivity contribution in [3.63, 3.8) is 0 Å². The van der Waals surface area contributed by atoms with Crippen molar-refractivity contribution < 1.29 is 4.74 Å². The lowest BCUT2D eigenvalue weighted by molar-refractivity contribution is 0.182.